The van der Waals surface area contributed by atoms with E-state index >= 15 is 0 Å². The fourth-order valence-electron chi connectivity index (χ4n) is 0.993. The highest BCUT2D eigenvalue weighted by molar-refractivity contribution is 14.1. The minimum absolute atomic E-state index is 0.712. The molecule has 1 rings (SSSR count). The van der Waals surface area contributed by atoms with Gasteiger partial charge in [-0.1, -0.05) is 6.92 Å². The molecule has 0 aliphatic rings. The van der Waals surface area contributed by atoms with E-state index in [9.17, 15) is 0 Å². The predicted molar refractivity (Wildman–Crippen MR) is 65.3 cm³/mol. The largest absolute Gasteiger partial charge is 0.387 e. The molecule has 70 valence electrons. The van der Waals surface area contributed by atoms with E-state index in [-0.39, 0.29) is 0 Å². The summed E-state index contributed by atoms with van der Waals surface area (Å²) in [4.78, 5) is 4.28. The molecule has 0 bridgehead atoms. The van der Waals surface area contributed by atoms with Gasteiger partial charge in [-0.3, -0.25) is 0 Å². The smallest absolute Gasteiger partial charge is 0.0996 e. The van der Waals surface area contributed by atoms with Crippen molar-refractivity contribution in [3.8, 4) is 0 Å². The zero-order valence-corrected chi connectivity index (χ0v) is 9.78. The third-order valence-corrected chi connectivity index (χ3v) is 2.32. The molecule has 2 nitrogen and oxygen atoms in total. The Hall–Kier alpha value is -0.580. The third kappa shape index (κ3) is 3.76. The fraction of sp³-hybridized carbons (Fsp3) is 0.300. The highest BCUT2D eigenvalue weighted by Gasteiger charge is 1.92. The van der Waals surface area contributed by atoms with Gasteiger partial charge in [0.15, 0.2) is 0 Å². The fourth-order valence-corrected chi connectivity index (χ4v) is 1.35. The summed E-state index contributed by atoms with van der Waals surface area (Å²) in [6, 6.07) is 8.01. The molecule has 0 amide bonds. The maximum atomic E-state index is 5.70. The Bertz CT molecular complexity index is 290. The van der Waals surface area contributed by atoms with Crippen molar-refractivity contribution in [3.05, 3.63) is 27.8 Å². The van der Waals surface area contributed by atoms with Crippen LogP contribution in [0.15, 0.2) is 29.3 Å². The van der Waals surface area contributed by atoms with Gasteiger partial charge >= 0.3 is 0 Å². The summed E-state index contributed by atoms with van der Waals surface area (Å²) in [5.74, 6) is 0.712. The first-order valence-electron chi connectivity index (χ1n) is 4.31. The number of nitrogens with two attached hydrogens (primary N) is 1. The van der Waals surface area contributed by atoms with Crippen molar-refractivity contribution in [2.75, 3.05) is 0 Å². The summed E-state index contributed by atoms with van der Waals surface area (Å²) in [5, 5.41) is 0. The molecule has 1 aromatic rings. The van der Waals surface area contributed by atoms with E-state index in [4.69, 9.17) is 5.73 Å². The number of aliphatic imine (C=N–C) groups is 1. The summed E-state index contributed by atoms with van der Waals surface area (Å²) in [6.07, 6.45) is 1.91. The second-order valence-corrected chi connectivity index (χ2v) is 4.08. The monoisotopic (exact) mass is 288 g/mol. The number of hydrogen-bond acceptors (Lipinski definition) is 1. The molecule has 2 N–H and O–H groups in total. The number of benzene rings is 1. The lowest BCUT2D eigenvalue weighted by atomic mass is 10.3. The highest BCUT2D eigenvalue weighted by Crippen LogP contribution is 2.14. The number of hydrogen-bond donors (Lipinski definition) is 1. The van der Waals surface area contributed by atoms with Gasteiger partial charge in [0.2, 0.25) is 0 Å². The standard InChI is InChI=1S/C10H13IN2/c1-2-3-10(12)13-9-6-4-8(11)5-7-9/h4-7H,2-3H2,1H3,(H2,12,13). The van der Waals surface area contributed by atoms with Crippen molar-refractivity contribution in [1.29, 1.82) is 0 Å². The molecule has 0 aliphatic heterocycles. The Morgan fingerprint density at radius 1 is 1.38 bits per heavy atom. The topological polar surface area (TPSA) is 38.4 Å². The van der Waals surface area contributed by atoms with Crippen LogP contribution < -0.4 is 5.73 Å². The maximum absolute atomic E-state index is 5.70. The van der Waals surface area contributed by atoms with Crippen molar-refractivity contribution in [3.63, 3.8) is 0 Å². The molecule has 0 saturated carbocycles. The van der Waals surface area contributed by atoms with Gasteiger partial charge in [-0.05, 0) is 53.3 Å². The van der Waals surface area contributed by atoms with E-state index in [1.807, 2.05) is 24.3 Å². The van der Waals surface area contributed by atoms with Crippen molar-refractivity contribution in [2.24, 2.45) is 10.7 Å². The van der Waals surface area contributed by atoms with Crippen molar-refractivity contribution >= 4 is 34.1 Å². The molecule has 0 unspecified atom stereocenters. The highest BCUT2D eigenvalue weighted by atomic mass is 127. The molecule has 3 heteroatoms. The predicted octanol–water partition coefficient (Wildman–Crippen LogP) is 3.08. The number of amidine groups is 1. The second-order valence-electron chi connectivity index (χ2n) is 2.83. The van der Waals surface area contributed by atoms with Crippen LogP contribution >= 0.6 is 22.6 Å². The Labute approximate surface area is 92.4 Å². The van der Waals surface area contributed by atoms with Crippen LogP contribution in [0, 0.1) is 3.57 Å². The lowest BCUT2D eigenvalue weighted by Gasteiger charge is -1.98. The van der Waals surface area contributed by atoms with E-state index in [0.717, 1.165) is 18.5 Å². The van der Waals surface area contributed by atoms with Crippen LogP contribution in [-0.4, -0.2) is 5.84 Å². The third-order valence-electron chi connectivity index (χ3n) is 1.61. The second kappa shape index (κ2) is 5.21. The van der Waals surface area contributed by atoms with Crippen LogP contribution in [0.4, 0.5) is 5.69 Å². The van der Waals surface area contributed by atoms with E-state index in [2.05, 4.69) is 34.5 Å². The van der Waals surface area contributed by atoms with Crippen molar-refractivity contribution < 1.29 is 0 Å². The van der Waals surface area contributed by atoms with E-state index in [1.54, 1.807) is 0 Å². The lowest BCUT2D eigenvalue weighted by molar-refractivity contribution is 0.983. The van der Waals surface area contributed by atoms with Crippen LogP contribution in [0.25, 0.3) is 0 Å². The summed E-state index contributed by atoms with van der Waals surface area (Å²) in [6.45, 7) is 2.09. The zero-order valence-electron chi connectivity index (χ0n) is 7.63. The Morgan fingerprint density at radius 2 is 2.00 bits per heavy atom. The molecule has 1 aromatic carbocycles. The first-order chi connectivity index (χ1) is 6.22. The molecule has 0 heterocycles. The molecule has 13 heavy (non-hydrogen) atoms. The van der Waals surface area contributed by atoms with E-state index in [1.165, 1.54) is 3.57 Å². The SMILES string of the molecule is CCCC(N)=Nc1ccc(I)cc1. The molecule has 0 radical (unpaired) electrons. The van der Waals surface area contributed by atoms with Crippen LogP contribution in [0.5, 0.6) is 0 Å². The minimum atomic E-state index is 0.712. The normalized spacial score (nSPS) is 11.7. The average molecular weight is 288 g/mol. The summed E-state index contributed by atoms with van der Waals surface area (Å²) in [7, 11) is 0. The van der Waals surface area contributed by atoms with Gasteiger partial charge < -0.3 is 5.73 Å². The van der Waals surface area contributed by atoms with Crippen LogP contribution in [0.3, 0.4) is 0 Å². The maximum Gasteiger partial charge on any atom is 0.0996 e. The van der Waals surface area contributed by atoms with Crippen molar-refractivity contribution in [2.45, 2.75) is 19.8 Å². The number of nitrogens with zero attached hydrogens (tertiary/aromatic N) is 1. The van der Waals surface area contributed by atoms with Gasteiger partial charge in [-0.25, -0.2) is 4.99 Å². The van der Waals surface area contributed by atoms with Crippen molar-refractivity contribution in [1.82, 2.24) is 0 Å². The molecule has 0 aliphatic carbocycles. The Morgan fingerprint density at radius 3 is 2.54 bits per heavy atom. The summed E-state index contributed by atoms with van der Waals surface area (Å²) >= 11 is 2.27. The summed E-state index contributed by atoms with van der Waals surface area (Å²) in [5.41, 5.74) is 6.64. The Balaban J connectivity index is 2.73. The van der Waals surface area contributed by atoms with Gasteiger partial charge in [0.25, 0.3) is 0 Å². The van der Waals surface area contributed by atoms with Crippen LogP contribution in [0.1, 0.15) is 19.8 Å². The van der Waals surface area contributed by atoms with Gasteiger partial charge in [0, 0.05) is 9.99 Å². The molecular weight excluding hydrogens is 275 g/mol. The molecule has 0 spiro atoms. The molecule has 0 fully saturated rings. The molecule has 0 aromatic heterocycles. The summed E-state index contributed by atoms with van der Waals surface area (Å²) < 4.78 is 1.21. The van der Waals surface area contributed by atoms with Gasteiger partial charge in [-0.2, -0.15) is 0 Å². The number of rotatable bonds is 3. The van der Waals surface area contributed by atoms with E-state index in [0.29, 0.717) is 5.84 Å². The van der Waals surface area contributed by atoms with Gasteiger partial charge in [0.05, 0.1) is 11.5 Å². The molecule has 0 saturated heterocycles. The number of halogens is 1. The Kier molecular flexibility index (Phi) is 4.21. The first-order valence-corrected chi connectivity index (χ1v) is 5.39. The van der Waals surface area contributed by atoms with Crippen LogP contribution in [-0.2, 0) is 0 Å². The lowest BCUT2D eigenvalue weighted by Crippen LogP contribution is -2.09. The zero-order chi connectivity index (χ0) is 9.68. The van der Waals surface area contributed by atoms with E-state index < -0.39 is 0 Å². The molecule has 0 atom stereocenters. The molecular formula is C10H13IN2. The minimum Gasteiger partial charge on any atom is -0.387 e. The van der Waals surface area contributed by atoms with Gasteiger partial charge in [-0.15, -0.1) is 0 Å². The average Bonchev–Trinajstić information content (AvgIpc) is 2.09. The first kappa shape index (κ1) is 10.5. The quantitative estimate of drug-likeness (QED) is 0.518. The van der Waals surface area contributed by atoms with Crippen LogP contribution in [0.2, 0.25) is 0 Å². The van der Waals surface area contributed by atoms with Gasteiger partial charge in [0.1, 0.15) is 0 Å².